The van der Waals surface area contributed by atoms with Crippen molar-refractivity contribution >= 4 is 44.2 Å². The van der Waals surface area contributed by atoms with Crippen LogP contribution in [0, 0.1) is 0 Å². The van der Waals surface area contributed by atoms with E-state index in [0.29, 0.717) is 17.2 Å². The van der Waals surface area contributed by atoms with Crippen molar-refractivity contribution in [3.05, 3.63) is 18.2 Å². The standard InChI is InChI=1S/C13H14N4O2S/c1-2-9-12(19)16-11(18)6-17(9)13-15-8-4-3-7(14)5-10(8)20-13/h3-5,9H,2,6,14H2,1H3,(H,16,18,19). The molecule has 1 aromatic carbocycles. The van der Waals surface area contributed by atoms with Crippen LogP contribution in [-0.4, -0.2) is 29.4 Å². The zero-order chi connectivity index (χ0) is 14.3. The van der Waals surface area contributed by atoms with Gasteiger partial charge in [-0.15, -0.1) is 0 Å². The van der Waals surface area contributed by atoms with Crippen LogP contribution in [0.2, 0.25) is 0 Å². The SMILES string of the molecule is CCC1C(=O)NC(=O)CN1c1nc2ccc(N)cc2s1. The number of hydrogen-bond donors (Lipinski definition) is 2. The van der Waals surface area contributed by atoms with E-state index in [4.69, 9.17) is 5.73 Å². The first-order valence-electron chi connectivity index (χ1n) is 6.35. The minimum atomic E-state index is -0.356. The zero-order valence-corrected chi connectivity index (χ0v) is 11.7. The predicted molar refractivity (Wildman–Crippen MR) is 78.6 cm³/mol. The fourth-order valence-corrected chi connectivity index (χ4v) is 3.39. The smallest absolute Gasteiger partial charge is 0.249 e. The van der Waals surface area contributed by atoms with E-state index < -0.39 is 0 Å². The van der Waals surface area contributed by atoms with Gasteiger partial charge in [-0.05, 0) is 24.6 Å². The maximum atomic E-state index is 11.9. The highest BCUT2D eigenvalue weighted by Crippen LogP contribution is 2.32. The molecule has 0 saturated carbocycles. The predicted octanol–water partition coefficient (Wildman–Crippen LogP) is 1.12. The van der Waals surface area contributed by atoms with Crippen molar-refractivity contribution in [1.82, 2.24) is 10.3 Å². The zero-order valence-electron chi connectivity index (χ0n) is 10.9. The molecule has 6 nitrogen and oxygen atoms in total. The third-order valence-electron chi connectivity index (χ3n) is 3.29. The molecule has 3 rings (SSSR count). The Morgan fingerprint density at radius 1 is 1.50 bits per heavy atom. The number of anilines is 2. The van der Waals surface area contributed by atoms with Crippen LogP contribution in [-0.2, 0) is 9.59 Å². The summed E-state index contributed by atoms with van der Waals surface area (Å²) in [6, 6.07) is 5.13. The van der Waals surface area contributed by atoms with E-state index in [2.05, 4.69) is 10.3 Å². The minimum Gasteiger partial charge on any atom is -0.399 e. The molecule has 20 heavy (non-hydrogen) atoms. The highest BCUT2D eigenvalue weighted by Gasteiger charge is 2.34. The highest BCUT2D eigenvalue weighted by molar-refractivity contribution is 7.22. The van der Waals surface area contributed by atoms with Crippen molar-refractivity contribution in [3.63, 3.8) is 0 Å². The first-order valence-corrected chi connectivity index (χ1v) is 7.16. The van der Waals surface area contributed by atoms with Crippen LogP contribution in [0.3, 0.4) is 0 Å². The monoisotopic (exact) mass is 290 g/mol. The van der Waals surface area contributed by atoms with Crippen LogP contribution in [0.15, 0.2) is 18.2 Å². The second-order valence-electron chi connectivity index (χ2n) is 4.69. The van der Waals surface area contributed by atoms with E-state index in [-0.39, 0.29) is 24.4 Å². The fourth-order valence-electron chi connectivity index (χ4n) is 2.33. The second kappa shape index (κ2) is 4.75. The van der Waals surface area contributed by atoms with Gasteiger partial charge >= 0.3 is 0 Å². The molecule has 1 unspecified atom stereocenters. The number of hydrogen-bond acceptors (Lipinski definition) is 6. The van der Waals surface area contributed by atoms with Crippen LogP contribution in [0.25, 0.3) is 10.2 Å². The van der Waals surface area contributed by atoms with E-state index in [1.54, 1.807) is 11.0 Å². The maximum absolute atomic E-state index is 11.9. The Labute approximate surface area is 119 Å². The molecule has 0 bridgehead atoms. The molecule has 0 spiro atoms. The molecule has 1 aliphatic rings. The molecule has 3 N–H and O–H groups in total. The molecule has 1 saturated heterocycles. The van der Waals surface area contributed by atoms with Crippen molar-refractivity contribution in [2.75, 3.05) is 17.2 Å². The summed E-state index contributed by atoms with van der Waals surface area (Å²) in [5, 5.41) is 3.04. The number of carbonyl (C=O) groups excluding carboxylic acids is 2. The quantitative estimate of drug-likeness (QED) is 0.639. The number of piperazine rings is 1. The van der Waals surface area contributed by atoms with Crippen molar-refractivity contribution in [3.8, 4) is 0 Å². The Kier molecular flexibility index (Phi) is 3.06. The van der Waals surface area contributed by atoms with E-state index >= 15 is 0 Å². The highest BCUT2D eigenvalue weighted by atomic mass is 32.1. The van der Waals surface area contributed by atoms with Crippen LogP contribution in [0.1, 0.15) is 13.3 Å². The maximum Gasteiger partial charge on any atom is 0.249 e. The third kappa shape index (κ3) is 2.09. The normalized spacial score (nSPS) is 19.4. The van der Waals surface area contributed by atoms with Gasteiger partial charge in [-0.1, -0.05) is 18.3 Å². The van der Waals surface area contributed by atoms with Gasteiger partial charge < -0.3 is 10.6 Å². The number of carbonyl (C=O) groups is 2. The molecule has 104 valence electrons. The number of nitrogens with one attached hydrogen (secondary N) is 1. The van der Waals surface area contributed by atoms with Gasteiger partial charge in [-0.2, -0.15) is 0 Å². The third-order valence-corrected chi connectivity index (χ3v) is 4.34. The number of nitrogens with two attached hydrogens (primary N) is 1. The molecule has 2 aromatic rings. The first kappa shape index (κ1) is 12.9. The average Bonchev–Trinajstić information content (AvgIpc) is 2.80. The topological polar surface area (TPSA) is 88.3 Å². The second-order valence-corrected chi connectivity index (χ2v) is 5.70. The molecule has 7 heteroatoms. The average molecular weight is 290 g/mol. The number of imide groups is 1. The van der Waals surface area contributed by atoms with Crippen molar-refractivity contribution < 1.29 is 9.59 Å². The molecule has 2 heterocycles. The van der Waals surface area contributed by atoms with Gasteiger partial charge in [0.15, 0.2) is 5.13 Å². The number of rotatable bonds is 2. The molecule has 0 radical (unpaired) electrons. The van der Waals surface area contributed by atoms with Gasteiger partial charge in [0.2, 0.25) is 11.8 Å². The number of amides is 2. The number of nitrogens with zero attached hydrogens (tertiary/aromatic N) is 2. The van der Waals surface area contributed by atoms with Gasteiger partial charge in [0.25, 0.3) is 0 Å². The summed E-state index contributed by atoms with van der Waals surface area (Å²) >= 11 is 1.44. The number of nitrogen functional groups attached to an aromatic ring is 1. The lowest BCUT2D eigenvalue weighted by molar-refractivity contribution is -0.132. The lowest BCUT2D eigenvalue weighted by Crippen LogP contribution is -2.58. The Morgan fingerprint density at radius 2 is 2.30 bits per heavy atom. The number of thiazole rings is 1. The number of benzene rings is 1. The molecule has 0 aliphatic carbocycles. The Morgan fingerprint density at radius 3 is 3.05 bits per heavy atom. The Bertz CT molecular complexity index is 697. The molecule has 1 atom stereocenters. The Balaban J connectivity index is 2.03. The summed E-state index contributed by atoms with van der Waals surface area (Å²) in [7, 11) is 0. The van der Waals surface area contributed by atoms with E-state index in [1.165, 1.54) is 11.3 Å². The van der Waals surface area contributed by atoms with Crippen molar-refractivity contribution in [2.24, 2.45) is 0 Å². The molecule has 2 amide bonds. The molecule has 1 aliphatic heterocycles. The van der Waals surface area contributed by atoms with Crippen LogP contribution in [0.5, 0.6) is 0 Å². The van der Waals surface area contributed by atoms with E-state index in [9.17, 15) is 9.59 Å². The van der Waals surface area contributed by atoms with Crippen molar-refractivity contribution in [2.45, 2.75) is 19.4 Å². The number of fused-ring (bicyclic) bond motifs is 1. The fraction of sp³-hybridized carbons (Fsp3) is 0.308. The molecular weight excluding hydrogens is 276 g/mol. The molecule has 1 aromatic heterocycles. The lowest BCUT2D eigenvalue weighted by atomic mass is 10.1. The molecular formula is C13H14N4O2S. The summed E-state index contributed by atoms with van der Waals surface area (Å²) in [6.07, 6.45) is 0.622. The van der Waals surface area contributed by atoms with Gasteiger partial charge in [-0.25, -0.2) is 4.98 Å². The van der Waals surface area contributed by atoms with Crippen LogP contribution >= 0.6 is 11.3 Å². The summed E-state index contributed by atoms with van der Waals surface area (Å²) in [5.41, 5.74) is 7.26. The van der Waals surface area contributed by atoms with E-state index in [1.807, 2.05) is 19.1 Å². The lowest BCUT2D eigenvalue weighted by Gasteiger charge is -2.32. The summed E-state index contributed by atoms with van der Waals surface area (Å²) < 4.78 is 0.952. The van der Waals surface area contributed by atoms with Gasteiger partial charge in [0.1, 0.15) is 12.6 Å². The van der Waals surface area contributed by atoms with E-state index in [0.717, 1.165) is 10.2 Å². The van der Waals surface area contributed by atoms with Gasteiger partial charge in [0, 0.05) is 5.69 Å². The largest absolute Gasteiger partial charge is 0.399 e. The Hall–Kier alpha value is -2.15. The summed E-state index contributed by atoms with van der Waals surface area (Å²) in [4.78, 5) is 29.7. The van der Waals surface area contributed by atoms with Gasteiger partial charge in [0.05, 0.1) is 10.2 Å². The number of aromatic nitrogens is 1. The summed E-state index contributed by atoms with van der Waals surface area (Å²) in [6.45, 7) is 2.07. The van der Waals surface area contributed by atoms with Crippen molar-refractivity contribution in [1.29, 1.82) is 0 Å². The van der Waals surface area contributed by atoms with Gasteiger partial charge in [-0.3, -0.25) is 14.9 Å². The minimum absolute atomic E-state index is 0.152. The first-order chi connectivity index (χ1) is 9.58. The summed E-state index contributed by atoms with van der Waals surface area (Å²) in [5.74, 6) is -0.555. The molecule has 1 fully saturated rings. The van der Waals surface area contributed by atoms with Crippen LogP contribution < -0.4 is 16.0 Å². The van der Waals surface area contributed by atoms with Crippen LogP contribution in [0.4, 0.5) is 10.8 Å².